The molecule has 1 aliphatic carbocycles. The van der Waals surface area contributed by atoms with E-state index in [0.717, 1.165) is 26.1 Å². The van der Waals surface area contributed by atoms with E-state index in [-0.39, 0.29) is 18.3 Å². The van der Waals surface area contributed by atoms with Crippen LogP contribution in [0.15, 0.2) is 0 Å². The summed E-state index contributed by atoms with van der Waals surface area (Å²) < 4.78 is 0. The molecule has 0 spiro atoms. The van der Waals surface area contributed by atoms with Crippen LogP contribution in [-0.2, 0) is 4.79 Å². The van der Waals surface area contributed by atoms with Gasteiger partial charge in [-0.1, -0.05) is 32.6 Å². The van der Waals surface area contributed by atoms with Gasteiger partial charge in [-0.15, -0.1) is 12.4 Å². The molecular weight excluding hydrogens is 298 g/mol. The minimum absolute atomic E-state index is 0. The van der Waals surface area contributed by atoms with E-state index in [9.17, 15) is 4.79 Å². The van der Waals surface area contributed by atoms with Gasteiger partial charge in [0.15, 0.2) is 0 Å². The maximum Gasteiger partial charge on any atom is 0.234 e. The normalized spacial score (nSPS) is 21.2. The number of hydrogen-bond donors (Lipinski definition) is 2. The van der Waals surface area contributed by atoms with Crippen molar-refractivity contribution in [3.05, 3.63) is 0 Å². The molecule has 0 aromatic carbocycles. The Balaban J connectivity index is 0.00000242. The SMILES string of the molecule is CCCN(CC(=O)NC1CCCCCC1)C1CCNCC1.Cl. The summed E-state index contributed by atoms with van der Waals surface area (Å²) in [5.41, 5.74) is 0. The Hall–Kier alpha value is -0.320. The molecule has 2 aliphatic rings. The Bertz CT molecular complexity index is 300. The lowest BCUT2D eigenvalue weighted by molar-refractivity contribution is -0.123. The van der Waals surface area contributed by atoms with Crippen LogP contribution in [0.4, 0.5) is 0 Å². The van der Waals surface area contributed by atoms with Crippen LogP contribution in [-0.4, -0.2) is 49.1 Å². The Labute approximate surface area is 142 Å². The summed E-state index contributed by atoms with van der Waals surface area (Å²) in [6, 6.07) is 1.02. The van der Waals surface area contributed by atoms with Gasteiger partial charge in [0.1, 0.15) is 0 Å². The molecule has 0 atom stereocenters. The van der Waals surface area contributed by atoms with Gasteiger partial charge in [-0.2, -0.15) is 0 Å². The van der Waals surface area contributed by atoms with Gasteiger partial charge in [-0.3, -0.25) is 9.69 Å². The van der Waals surface area contributed by atoms with Crippen molar-refractivity contribution in [3.63, 3.8) is 0 Å². The second-order valence-electron chi connectivity index (χ2n) is 6.71. The minimum Gasteiger partial charge on any atom is -0.352 e. The number of rotatable bonds is 6. The van der Waals surface area contributed by atoms with Crippen LogP contribution in [0, 0.1) is 0 Å². The van der Waals surface area contributed by atoms with E-state index in [0.29, 0.717) is 18.6 Å². The van der Waals surface area contributed by atoms with Crippen LogP contribution in [0.1, 0.15) is 64.7 Å². The van der Waals surface area contributed by atoms with E-state index in [1.54, 1.807) is 0 Å². The van der Waals surface area contributed by atoms with Crippen LogP contribution in [0.5, 0.6) is 0 Å². The molecule has 0 bridgehead atoms. The molecule has 2 fully saturated rings. The summed E-state index contributed by atoms with van der Waals surface area (Å²) in [4.78, 5) is 14.8. The summed E-state index contributed by atoms with van der Waals surface area (Å²) in [6.45, 7) is 6.03. The zero-order valence-corrected chi connectivity index (χ0v) is 14.9. The van der Waals surface area contributed by atoms with Crippen molar-refractivity contribution in [2.75, 3.05) is 26.2 Å². The van der Waals surface area contributed by atoms with Gasteiger partial charge < -0.3 is 10.6 Å². The number of nitrogens with zero attached hydrogens (tertiary/aromatic N) is 1. The first kappa shape index (κ1) is 19.7. The molecule has 5 heteroatoms. The molecule has 0 unspecified atom stereocenters. The molecule has 1 saturated carbocycles. The smallest absolute Gasteiger partial charge is 0.234 e. The molecule has 0 aromatic heterocycles. The Kier molecular flexibility index (Phi) is 10.1. The Morgan fingerprint density at radius 1 is 1.09 bits per heavy atom. The third-order valence-corrected chi connectivity index (χ3v) is 4.90. The largest absolute Gasteiger partial charge is 0.352 e. The van der Waals surface area contributed by atoms with Crippen LogP contribution in [0.25, 0.3) is 0 Å². The minimum atomic E-state index is 0. The fraction of sp³-hybridized carbons (Fsp3) is 0.941. The van der Waals surface area contributed by atoms with Gasteiger partial charge >= 0.3 is 0 Å². The predicted molar refractivity (Wildman–Crippen MR) is 94.6 cm³/mol. The van der Waals surface area contributed by atoms with Crippen molar-refractivity contribution in [2.24, 2.45) is 0 Å². The van der Waals surface area contributed by atoms with Gasteiger partial charge in [0.25, 0.3) is 0 Å². The van der Waals surface area contributed by atoms with Crippen LogP contribution < -0.4 is 10.6 Å². The second-order valence-corrected chi connectivity index (χ2v) is 6.71. The molecule has 0 radical (unpaired) electrons. The first-order valence-electron chi connectivity index (χ1n) is 9.03. The summed E-state index contributed by atoms with van der Waals surface area (Å²) in [6.07, 6.45) is 11.1. The maximum absolute atomic E-state index is 12.4. The van der Waals surface area contributed by atoms with Gasteiger partial charge in [-0.05, 0) is 51.7 Å². The second kappa shape index (κ2) is 11.3. The summed E-state index contributed by atoms with van der Waals surface area (Å²) in [7, 11) is 0. The van der Waals surface area contributed by atoms with Crippen LogP contribution >= 0.6 is 12.4 Å². The molecule has 0 aromatic rings. The van der Waals surface area contributed by atoms with Crippen molar-refractivity contribution in [3.8, 4) is 0 Å². The standard InChI is InChI=1S/C17H33N3O.ClH/c1-2-13-20(16-9-11-18-12-10-16)14-17(21)19-15-7-5-3-4-6-8-15;/h15-16,18H,2-14H2,1H3,(H,19,21);1H. The molecule has 1 amide bonds. The number of carbonyl (C=O) groups excluding carboxylic acids is 1. The van der Waals surface area contributed by atoms with E-state index < -0.39 is 0 Å². The molecule has 1 heterocycles. The summed E-state index contributed by atoms with van der Waals surface area (Å²) in [5, 5.41) is 6.70. The van der Waals surface area contributed by atoms with E-state index in [1.807, 2.05) is 0 Å². The van der Waals surface area contributed by atoms with Gasteiger partial charge in [0.05, 0.1) is 6.54 Å². The van der Waals surface area contributed by atoms with Crippen molar-refractivity contribution < 1.29 is 4.79 Å². The van der Waals surface area contributed by atoms with Crippen molar-refractivity contribution >= 4 is 18.3 Å². The lowest BCUT2D eigenvalue weighted by atomic mass is 10.0. The summed E-state index contributed by atoms with van der Waals surface area (Å²) >= 11 is 0. The van der Waals surface area contributed by atoms with E-state index in [1.165, 1.54) is 51.4 Å². The number of carbonyl (C=O) groups is 1. The Morgan fingerprint density at radius 2 is 1.73 bits per heavy atom. The van der Waals surface area contributed by atoms with Crippen molar-refractivity contribution in [2.45, 2.75) is 76.8 Å². The van der Waals surface area contributed by atoms with Crippen LogP contribution in [0.2, 0.25) is 0 Å². The first-order chi connectivity index (χ1) is 10.3. The van der Waals surface area contributed by atoms with E-state index in [4.69, 9.17) is 0 Å². The Morgan fingerprint density at radius 3 is 2.32 bits per heavy atom. The third-order valence-electron chi connectivity index (χ3n) is 4.90. The average molecular weight is 332 g/mol. The zero-order chi connectivity index (χ0) is 14.9. The van der Waals surface area contributed by atoms with Gasteiger partial charge in [0, 0.05) is 12.1 Å². The number of piperidine rings is 1. The number of amides is 1. The first-order valence-corrected chi connectivity index (χ1v) is 9.03. The third kappa shape index (κ3) is 6.84. The molecular formula is C17H34ClN3O. The van der Waals surface area contributed by atoms with E-state index >= 15 is 0 Å². The van der Waals surface area contributed by atoms with E-state index in [2.05, 4.69) is 22.5 Å². The molecule has 1 aliphatic heterocycles. The molecule has 130 valence electrons. The quantitative estimate of drug-likeness (QED) is 0.735. The highest BCUT2D eigenvalue weighted by Gasteiger charge is 2.23. The fourth-order valence-corrected chi connectivity index (χ4v) is 3.73. The zero-order valence-electron chi connectivity index (χ0n) is 14.1. The van der Waals surface area contributed by atoms with Crippen molar-refractivity contribution in [1.29, 1.82) is 0 Å². The number of nitrogens with one attached hydrogen (secondary N) is 2. The molecule has 22 heavy (non-hydrogen) atoms. The summed E-state index contributed by atoms with van der Waals surface area (Å²) in [5.74, 6) is 0.244. The van der Waals surface area contributed by atoms with Crippen LogP contribution in [0.3, 0.4) is 0 Å². The number of halogens is 1. The molecule has 4 nitrogen and oxygen atoms in total. The average Bonchev–Trinajstić information content (AvgIpc) is 2.76. The topological polar surface area (TPSA) is 44.4 Å². The molecule has 2 N–H and O–H groups in total. The van der Waals surface area contributed by atoms with Crippen molar-refractivity contribution in [1.82, 2.24) is 15.5 Å². The molecule has 1 saturated heterocycles. The number of hydrogen-bond acceptors (Lipinski definition) is 3. The highest BCUT2D eigenvalue weighted by molar-refractivity contribution is 5.85. The fourth-order valence-electron chi connectivity index (χ4n) is 3.73. The lowest BCUT2D eigenvalue weighted by Gasteiger charge is -2.34. The maximum atomic E-state index is 12.4. The predicted octanol–water partition coefficient (Wildman–Crippen LogP) is 2.71. The monoisotopic (exact) mass is 331 g/mol. The highest BCUT2D eigenvalue weighted by Crippen LogP contribution is 2.17. The van der Waals surface area contributed by atoms with Gasteiger partial charge in [0.2, 0.25) is 5.91 Å². The van der Waals surface area contributed by atoms with Gasteiger partial charge in [-0.25, -0.2) is 0 Å². The molecule has 2 rings (SSSR count). The highest BCUT2D eigenvalue weighted by atomic mass is 35.5. The lowest BCUT2D eigenvalue weighted by Crippen LogP contribution is -2.49.